The second kappa shape index (κ2) is 7.85. The molecule has 0 bridgehead atoms. The number of nitrogens with zero attached hydrogens (tertiary/aromatic N) is 3. The SMILES string of the molecule is CCn1c(C2CCCN2)nnc1S(=O)(=O)Cc1ccccc1-c1ccccc1. The largest absolute Gasteiger partial charge is 0.307 e. The summed E-state index contributed by atoms with van der Waals surface area (Å²) in [6.07, 6.45) is 2.02. The molecule has 1 unspecified atom stereocenters. The van der Waals surface area contributed by atoms with Crippen molar-refractivity contribution >= 4 is 9.84 Å². The fourth-order valence-corrected chi connectivity index (χ4v) is 5.32. The molecule has 1 aliphatic heterocycles. The second-order valence-electron chi connectivity index (χ2n) is 7.02. The number of aromatic nitrogens is 3. The van der Waals surface area contributed by atoms with Crippen LogP contribution in [0.4, 0.5) is 0 Å². The topological polar surface area (TPSA) is 76.9 Å². The van der Waals surface area contributed by atoms with Gasteiger partial charge in [-0.25, -0.2) is 8.42 Å². The fourth-order valence-electron chi connectivity index (χ4n) is 3.80. The fraction of sp³-hybridized carbons (Fsp3) is 0.333. The first kappa shape index (κ1) is 18.8. The quantitative estimate of drug-likeness (QED) is 0.691. The molecule has 1 fully saturated rings. The van der Waals surface area contributed by atoms with Gasteiger partial charge in [-0.05, 0) is 43.0 Å². The predicted octanol–water partition coefficient (Wildman–Crippen LogP) is 3.36. The van der Waals surface area contributed by atoms with Crippen molar-refractivity contribution in [2.75, 3.05) is 6.54 Å². The van der Waals surface area contributed by atoms with Crippen LogP contribution in [0, 0.1) is 0 Å². The van der Waals surface area contributed by atoms with Crippen molar-refractivity contribution < 1.29 is 8.42 Å². The zero-order valence-corrected chi connectivity index (χ0v) is 16.7. The standard InChI is InChI=1S/C21H24N4O2S/c1-2-25-20(19-13-8-14-22-19)23-24-21(25)28(26,27)15-17-11-6-7-12-18(17)16-9-4-3-5-10-16/h3-7,9-12,19,22H,2,8,13-15H2,1H3. The van der Waals surface area contributed by atoms with E-state index in [-0.39, 0.29) is 17.0 Å². The van der Waals surface area contributed by atoms with E-state index in [1.54, 1.807) is 4.57 Å². The van der Waals surface area contributed by atoms with Crippen LogP contribution in [0.15, 0.2) is 59.8 Å². The predicted molar refractivity (Wildman–Crippen MR) is 108 cm³/mol. The Hall–Kier alpha value is -2.51. The number of sulfone groups is 1. The zero-order valence-electron chi connectivity index (χ0n) is 15.9. The molecule has 2 aromatic carbocycles. The van der Waals surface area contributed by atoms with Crippen LogP contribution in [0.25, 0.3) is 11.1 Å². The van der Waals surface area contributed by atoms with Crippen LogP contribution < -0.4 is 5.32 Å². The Morgan fingerprint density at radius 3 is 2.54 bits per heavy atom. The van der Waals surface area contributed by atoms with Crippen molar-refractivity contribution in [1.82, 2.24) is 20.1 Å². The molecule has 1 aliphatic rings. The molecule has 0 spiro atoms. The van der Waals surface area contributed by atoms with Gasteiger partial charge in [0.25, 0.3) is 0 Å². The first-order valence-electron chi connectivity index (χ1n) is 9.62. The van der Waals surface area contributed by atoms with Gasteiger partial charge in [-0.2, -0.15) is 0 Å². The first-order valence-corrected chi connectivity index (χ1v) is 11.3. The third-order valence-corrected chi connectivity index (χ3v) is 6.71. The van der Waals surface area contributed by atoms with Crippen molar-refractivity contribution in [1.29, 1.82) is 0 Å². The van der Waals surface area contributed by atoms with Crippen LogP contribution in [-0.4, -0.2) is 29.7 Å². The monoisotopic (exact) mass is 396 g/mol. The minimum absolute atomic E-state index is 0.0570. The van der Waals surface area contributed by atoms with Crippen molar-refractivity contribution in [2.24, 2.45) is 0 Å². The lowest BCUT2D eigenvalue weighted by Crippen LogP contribution is -2.20. The van der Waals surface area contributed by atoms with Crippen molar-refractivity contribution in [2.45, 2.75) is 43.3 Å². The smallest absolute Gasteiger partial charge is 0.250 e. The molecule has 0 saturated carbocycles. The Morgan fingerprint density at radius 2 is 1.82 bits per heavy atom. The number of rotatable bonds is 6. The van der Waals surface area contributed by atoms with E-state index in [4.69, 9.17) is 0 Å². The molecular formula is C21H24N4O2S. The summed E-state index contributed by atoms with van der Waals surface area (Å²) in [5, 5.41) is 11.7. The maximum atomic E-state index is 13.2. The van der Waals surface area contributed by atoms with Crippen LogP contribution in [0.1, 0.15) is 37.2 Å². The van der Waals surface area contributed by atoms with E-state index in [0.29, 0.717) is 6.54 Å². The maximum absolute atomic E-state index is 13.2. The highest BCUT2D eigenvalue weighted by Gasteiger charge is 2.29. The van der Waals surface area contributed by atoms with Gasteiger partial charge in [-0.15, -0.1) is 10.2 Å². The van der Waals surface area contributed by atoms with Crippen molar-refractivity contribution in [3.8, 4) is 11.1 Å². The average molecular weight is 397 g/mol. The average Bonchev–Trinajstić information content (AvgIpc) is 3.38. The van der Waals surface area contributed by atoms with E-state index < -0.39 is 9.84 Å². The number of hydrogen-bond acceptors (Lipinski definition) is 5. The number of benzene rings is 2. The van der Waals surface area contributed by atoms with E-state index in [1.165, 1.54) is 0 Å². The summed E-state index contributed by atoms with van der Waals surface area (Å²) in [4.78, 5) is 0. The van der Waals surface area contributed by atoms with E-state index in [9.17, 15) is 8.42 Å². The molecule has 2 heterocycles. The normalized spacial score (nSPS) is 17.1. The zero-order chi connectivity index (χ0) is 19.6. The number of nitrogens with one attached hydrogen (secondary N) is 1. The van der Waals surface area contributed by atoms with Crippen LogP contribution in [0.2, 0.25) is 0 Å². The van der Waals surface area contributed by atoms with Crippen molar-refractivity contribution in [3.63, 3.8) is 0 Å². The summed E-state index contributed by atoms with van der Waals surface area (Å²) < 4.78 is 28.2. The Bertz CT molecular complexity index is 1060. The van der Waals surface area contributed by atoms with Gasteiger partial charge in [-0.1, -0.05) is 54.6 Å². The summed E-state index contributed by atoms with van der Waals surface area (Å²) in [7, 11) is -3.63. The molecule has 1 aromatic heterocycles. The highest BCUT2D eigenvalue weighted by Crippen LogP contribution is 2.28. The molecule has 28 heavy (non-hydrogen) atoms. The van der Waals surface area contributed by atoms with Gasteiger partial charge in [-0.3, -0.25) is 0 Å². The molecule has 0 radical (unpaired) electrons. The molecule has 1 atom stereocenters. The molecule has 1 saturated heterocycles. The Balaban J connectivity index is 1.70. The van der Waals surface area contributed by atoms with Gasteiger partial charge in [0.1, 0.15) is 0 Å². The Morgan fingerprint density at radius 1 is 1.07 bits per heavy atom. The lowest BCUT2D eigenvalue weighted by atomic mass is 10.0. The molecule has 0 aliphatic carbocycles. The van der Waals surface area contributed by atoms with E-state index in [2.05, 4.69) is 15.5 Å². The van der Waals surface area contributed by atoms with E-state index in [1.807, 2.05) is 61.5 Å². The Kier molecular flexibility index (Phi) is 5.28. The van der Waals surface area contributed by atoms with Crippen LogP contribution in [-0.2, 0) is 22.1 Å². The lowest BCUT2D eigenvalue weighted by Gasteiger charge is -2.13. The molecule has 3 aromatic rings. The van der Waals surface area contributed by atoms with Crippen LogP contribution in [0.5, 0.6) is 0 Å². The summed E-state index contributed by atoms with van der Waals surface area (Å²) >= 11 is 0. The van der Waals surface area contributed by atoms with Gasteiger partial charge >= 0.3 is 0 Å². The molecular weight excluding hydrogens is 372 g/mol. The third-order valence-electron chi connectivity index (χ3n) is 5.16. The molecule has 4 rings (SSSR count). The molecule has 7 heteroatoms. The van der Waals surface area contributed by atoms with Crippen LogP contribution in [0.3, 0.4) is 0 Å². The summed E-state index contributed by atoms with van der Waals surface area (Å²) in [5.74, 6) is 0.615. The summed E-state index contributed by atoms with van der Waals surface area (Å²) in [6.45, 7) is 3.38. The highest BCUT2D eigenvalue weighted by atomic mass is 32.2. The van der Waals surface area contributed by atoms with Gasteiger partial charge in [0.05, 0.1) is 11.8 Å². The maximum Gasteiger partial charge on any atom is 0.250 e. The minimum atomic E-state index is -3.63. The summed E-state index contributed by atoms with van der Waals surface area (Å²) in [5.41, 5.74) is 2.69. The van der Waals surface area contributed by atoms with Gasteiger partial charge in [0.15, 0.2) is 5.82 Å². The molecule has 146 valence electrons. The molecule has 6 nitrogen and oxygen atoms in total. The lowest BCUT2D eigenvalue weighted by molar-refractivity contribution is 0.527. The molecule has 1 N–H and O–H groups in total. The van der Waals surface area contributed by atoms with Gasteiger partial charge in [0.2, 0.25) is 15.0 Å². The number of hydrogen-bond donors (Lipinski definition) is 1. The first-order chi connectivity index (χ1) is 13.6. The van der Waals surface area contributed by atoms with Crippen LogP contribution >= 0.6 is 0 Å². The minimum Gasteiger partial charge on any atom is -0.307 e. The Labute approximate surface area is 165 Å². The highest BCUT2D eigenvalue weighted by molar-refractivity contribution is 7.90. The van der Waals surface area contributed by atoms with E-state index in [0.717, 1.165) is 41.9 Å². The van der Waals surface area contributed by atoms with E-state index >= 15 is 0 Å². The van der Waals surface area contributed by atoms with Crippen molar-refractivity contribution in [3.05, 3.63) is 66.0 Å². The van der Waals surface area contributed by atoms with Gasteiger partial charge in [0, 0.05) is 6.54 Å². The van der Waals surface area contributed by atoms with Gasteiger partial charge < -0.3 is 9.88 Å². The second-order valence-corrected chi connectivity index (χ2v) is 8.90. The third kappa shape index (κ3) is 3.59. The summed E-state index contributed by atoms with van der Waals surface area (Å²) in [6, 6.07) is 17.5. The molecule has 0 amide bonds.